The van der Waals surface area contributed by atoms with E-state index < -0.39 is 0 Å². The number of nitrogens with two attached hydrogens (primary N) is 1. The van der Waals surface area contributed by atoms with Crippen LogP contribution in [0.5, 0.6) is 0 Å². The van der Waals surface area contributed by atoms with Crippen molar-refractivity contribution in [3.8, 4) is 0 Å². The van der Waals surface area contributed by atoms with Crippen LogP contribution in [0.4, 0.5) is 0 Å². The molecule has 1 aliphatic carbocycles. The molecule has 1 aromatic rings. The summed E-state index contributed by atoms with van der Waals surface area (Å²) in [6.45, 7) is 2.08. The first kappa shape index (κ1) is 13.1. The van der Waals surface area contributed by atoms with Gasteiger partial charge in [-0.05, 0) is 31.4 Å². The third-order valence-corrected chi connectivity index (χ3v) is 3.88. The van der Waals surface area contributed by atoms with E-state index in [-0.39, 0.29) is 11.8 Å². The molecule has 2 N–H and O–H groups in total. The summed E-state index contributed by atoms with van der Waals surface area (Å²) in [5.41, 5.74) is 5.73. The van der Waals surface area contributed by atoms with Crippen LogP contribution >= 0.6 is 0 Å². The molecule has 0 radical (unpaired) electrons. The lowest BCUT2D eigenvalue weighted by Gasteiger charge is -2.24. The highest BCUT2D eigenvalue weighted by Crippen LogP contribution is 2.32. The highest BCUT2D eigenvalue weighted by molar-refractivity contribution is 5.79. The van der Waals surface area contributed by atoms with E-state index in [1.807, 2.05) is 28.9 Å². The monoisotopic (exact) mass is 250 g/mol. The van der Waals surface area contributed by atoms with Crippen LogP contribution in [-0.2, 0) is 11.3 Å². The molecule has 0 aromatic carbocycles. The molecule has 5 heteroatoms. The van der Waals surface area contributed by atoms with Crippen molar-refractivity contribution in [3.63, 3.8) is 0 Å². The second kappa shape index (κ2) is 6.00. The Bertz CT molecular complexity index is 376. The third-order valence-electron chi connectivity index (χ3n) is 3.88. The highest BCUT2D eigenvalue weighted by atomic mass is 16.2. The molecule has 0 unspecified atom stereocenters. The molecule has 18 heavy (non-hydrogen) atoms. The molecule has 0 bridgehead atoms. The zero-order chi connectivity index (χ0) is 13.0. The van der Waals surface area contributed by atoms with Crippen molar-refractivity contribution >= 4 is 5.91 Å². The van der Waals surface area contributed by atoms with E-state index in [9.17, 15) is 4.79 Å². The number of likely N-dealkylation sites (N-methyl/N-ethyl adjacent to an activating group) is 1. The van der Waals surface area contributed by atoms with Gasteiger partial charge in [0.15, 0.2) is 0 Å². The number of amides is 1. The lowest BCUT2D eigenvalue weighted by Crippen LogP contribution is -2.38. The van der Waals surface area contributed by atoms with Gasteiger partial charge >= 0.3 is 0 Å². The largest absolute Gasteiger partial charge is 0.344 e. The van der Waals surface area contributed by atoms with Crippen LogP contribution in [0.15, 0.2) is 18.5 Å². The van der Waals surface area contributed by atoms with Crippen molar-refractivity contribution in [2.45, 2.75) is 25.8 Å². The first-order chi connectivity index (χ1) is 8.72. The molecule has 100 valence electrons. The molecule has 1 saturated carbocycles. The molecule has 1 heterocycles. The van der Waals surface area contributed by atoms with Gasteiger partial charge in [0.25, 0.3) is 0 Å². The van der Waals surface area contributed by atoms with Gasteiger partial charge in [-0.15, -0.1) is 0 Å². The highest BCUT2D eigenvalue weighted by Gasteiger charge is 2.33. The number of carbonyl (C=O) groups is 1. The summed E-state index contributed by atoms with van der Waals surface area (Å²) in [4.78, 5) is 14.1. The van der Waals surface area contributed by atoms with E-state index in [0.717, 1.165) is 25.8 Å². The number of nitrogens with zero attached hydrogens (tertiary/aromatic N) is 3. The number of hydrogen-bond acceptors (Lipinski definition) is 3. The van der Waals surface area contributed by atoms with Crippen LogP contribution < -0.4 is 5.73 Å². The van der Waals surface area contributed by atoms with E-state index in [0.29, 0.717) is 19.0 Å². The van der Waals surface area contributed by atoms with E-state index in [2.05, 4.69) is 5.10 Å². The van der Waals surface area contributed by atoms with Crippen molar-refractivity contribution in [1.82, 2.24) is 14.7 Å². The Hall–Kier alpha value is -1.36. The SMILES string of the molecule is CN(CCn1cccn1)C(=O)[C@@H]1CCC[C@@H]1CN. The molecule has 2 atom stereocenters. The third kappa shape index (κ3) is 2.90. The molecule has 1 amide bonds. The van der Waals surface area contributed by atoms with Crippen LogP contribution in [0.25, 0.3) is 0 Å². The Morgan fingerprint density at radius 2 is 2.39 bits per heavy atom. The normalized spacial score (nSPS) is 23.2. The van der Waals surface area contributed by atoms with Gasteiger partial charge in [0.1, 0.15) is 0 Å². The second-order valence-electron chi connectivity index (χ2n) is 5.06. The van der Waals surface area contributed by atoms with Gasteiger partial charge in [-0.25, -0.2) is 0 Å². The Labute approximate surface area is 108 Å². The number of aromatic nitrogens is 2. The molecular weight excluding hydrogens is 228 g/mol. The number of hydrogen-bond donors (Lipinski definition) is 1. The summed E-state index contributed by atoms with van der Waals surface area (Å²) >= 11 is 0. The Kier molecular flexibility index (Phi) is 4.36. The average Bonchev–Trinajstić information content (AvgIpc) is 3.05. The van der Waals surface area contributed by atoms with Crippen molar-refractivity contribution in [2.24, 2.45) is 17.6 Å². The van der Waals surface area contributed by atoms with Crippen molar-refractivity contribution in [3.05, 3.63) is 18.5 Å². The van der Waals surface area contributed by atoms with Crippen LogP contribution in [0.3, 0.4) is 0 Å². The zero-order valence-electron chi connectivity index (χ0n) is 11.0. The number of carbonyl (C=O) groups excluding carboxylic acids is 1. The smallest absolute Gasteiger partial charge is 0.225 e. The Morgan fingerprint density at radius 3 is 3.06 bits per heavy atom. The lowest BCUT2D eigenvalue weighted by atomic mass is 9.95. The minimum Gasteiger partial charge on any atom is -0.344 e. The van der Waals surface area contributed by atoms with E-state index in [4.69, 9.17) is 5.73 Å². The lowest BCUT2D eigenvalue weighted by molar-refractivity contribution is -0.135. The van der Waals surface area contributed by atoms with Crippen LogP contribution in [-0.4, -0.2) is 40.7 Å². The predicted molar refractivity (Wildman–Crippen MR) is 69.7 cm³/mol. The molecule has 2 rings (SSSR count). The maximum atomic E-state index is 12.3. The molecule has 1 fully saturated rings. The van der Waals surface area contributed by atoms with Crippen molar-refractivity contribution in [2.75, 3.05) is 20.1 Å². The molecule has 0 spiro atoms. The summed E-state index contributed by atoms with van der Waals surface area (Å²) in [6, 6.07) is 1.89. The summed E-state index contributed by atoms with van der Waals surface area (Å²) in [6.07, 6.45) is 6.89. The standard InChI is InChI=1S/C13H22N4O/c1-16(8-9-17-7-3-6-15-17)13(18)12-5-2-4-11(12)10-14/h3,6-7,11-12H,2,4-5,8-10,14H2,1H3/t11-,12-/m1/s1. The second-order valence-corrected chi connectivity index (χ2v) is 5.06. The minimum atomic E-state index is 0.137. The van der Waals surface area contributed by atoms with Crippen LogP contribution in [0.1, 0.15) is 19.3 Å². The Morgan fingerprint density at radius 1 is 1.56 bits per heavy atom. The van der Waals surface area contributed by atoms with E-state index >= 15 is 0 Å². The van der Waals surface area contributed by atoms with Gasteiger partial charge in [-0.1, -0.05) is 6.42 Å². The van der Waals surface area contributed by atoms with Gasteiger partial charge in [0.2, 0.25) is 5.91 Å². The van der Waals surface area contributed by atoms with Gasteiger partial charge < -0.3 is 10.6 Å². The fourth-order valence-electron chi connectivity index (χ4n) is 2.72. The average molecular weight is 250 g/mol. The van der Waals surface area contributed by atoms with Gasteiger partial charge in [0.05, 0.1) is 6.54 Å². The van der Waals surface area contributed by atoms with Crippen molar-refractivity contribution < 1.29 is 4.79 Å². The maximum absolute atomic E-state index is 12.3. The summed E-state index contributed by atoms with van der Waals surface area (Å²) < 4.78 is 1.85. The first-order valence-corrected chi connectivity index (χ1v) is 6.65. The Balaban J connectivity index is 1.84. The van der Waals surface area contributed by atoms with Gasteiger partial charge in [0, 0.05) is 31.9 Å². The topological polar surface area (TPSA) is 64.2 Å². The fraction of sp³-hybridized carbons (Fsp3) is 0.692. The van der Waals surface area contributed by atoms with Crippen LogP contribution in [0.2, 0.25) is 0 Å². The maximum Gasteiger partial charge on any atom is 0.225 e. The number of rotatable bonds is 5. The van der Waals surface area contributed by atoms with Crippen LogP contribution in [0, 0.1) is 11.8 Å². The zero-order valence-corrected chi connectivity index (χ0v) is 11.0. The molecule has 0 saturated heterocycles. The quantitative estimate of drug-likeness (QED) is 0.837. The van der Waals surface area contributed by atoms with Gasteiger partial charge in [-0.3, -0.25) is 9.48 Å². The molecule has 0 aliphatic heterocycles. The van der Waals surface area contributed by atoms with Crippen molar-refractivity contribution in [1.29, 1.82) is 0 Å². The minimum absolute atomic E-state index is 0.137. The van der Waals surface area contributed by atoms with E-state index in [1.54, 1.807) is 6.20 Å². The predicted octanol–water partition coefficient (Wildman–Crippen LogP) is 0.717. The summed E-state index contributed by atoms with van der Waals surface area (Å²) in [7, 11) is 1.87. The van der Waals surface area contributed by atoms with Gasteiger partial charge in [-0.2, -0.15) is 5.10 Å². The molecule has 1 aromatic heterocycles. The summed E-state index contributed by atoms with van der Waals surface area (Å²) in [5.74, 6) is 0.761. The molecule has 5 nitrogen and oxygen atoms in total. The fourth-order valence-corrected chi connectivity index (χ4v) is 2.72. The molecular formula is C13H22N4O. The van der Waals surface area contributed by atoms with E-state index in [1.165, 1.54) is 0 Å². The summed E-state index contributed by atoms with van der Waals surface area (Å²) in [5, 5.41) is 4.13. The first-order valence-electron chi connectivity index (χ1n) is 6.65. The molecule has 1 aliphatic rings.